The Balaban J connectivity index is 1.84. The Kier molecular flexibility index (Phi) is 4.14. The third-order valence-electron chi connectivity index (χ3n) is 5.27. The van der Waals surface area contributed by atoms with E-state index in [9.17, 15) is 9.59 Å². The zero-order valence-electron chi connectivity index (χ0n) is 14.9. The first kappa shape index (κ1) is 16.6. The monoisotopic (exact) mass is 354 g/mol. The number of likely N-dealkylation sites (tertiary alicyclic amines) is 1. The second-order valence-electron chi connectivity index (χ2n) is 6.83. The van der Waals surface area contributed by atoms with Crippen molar-refractivity contribution >= 4 is 28.0 Å². The van der Waals surface area contributed by atoms with Crippen LogP contribution in [0.15, 0.2) is 35.5 Å². The molecule has 0 saturated carbocycles. The highest BCUT2D eigenvalue weighted by Gasteiger charge is 2.31. The van der Waals surface area contributed by atoms with E-state index in [4.69, 9.17) is 4.74 Å². The van der Waals surface area contributed by atoms with Crippen LogP contribution in [0.25, 0.3) is 21.9 Å². The summed E-state index contributed by atoms with van der Waals surface area (Å²) in [5, 5.41) is 1.51. The topological polar surface area (TPSA) is 80.2 Å². The number of piperidine rings is 1. The summed E-state index contributed by atoms with van der Waals surface area (Å²) in [7, 11) is 0. The minimum Gasteiger partial charge on any atom is -0.450 e. The van der Waals surface area contributed by atoms with Gasteiger partial charge in [-0.1, -0.05) is 6.92 Å². The number of amides is 1. The molecule has 0 bridgehead atoms. The summed E-state index contributed by atoms with van der Waals surface area (Å²) in [6, 6.07) is 3.59. The van der Waals surface area contributed by atoms with Gasteiger partial charge >= 0.3 is 6.09 Å². The minimum absolute atomic E-state index is 0.0439. The van der Waals surface area contributed by atoms with E-state index in [1.807, 2.05) is 25.4 Å². The van der Waals surface area contributed by atoms with E-state index in [0.29, 0.717) is 31.0 Å². The second-order valence-corrected chi connectivity index (χ2v) is 6.83. The van der Waals surface area contributed by atoms with Crippen molar-refractivity contribution in [2.24, 2.45) is 5.92 Å². The van der Waals surface area contributed by atoms with Crippen molar-refractivity contribution in [3.05, 3.63) is 40.9 Å². The molecule has 7 nitrogen and oxygen atoms in total. The SMILES string of the molecule is CCOC(=O)N1CC[C@@H](C)[C@@H](n2ccc(=O)c3cnc4[nH]ccc4c32)C1. The van der Waals surface area contributed by atoms with Crippen LogP contribution in [0.3, 0.4) is 0 Å². The summed E-state index contributed by atoms with van der Waals surface area (Å²) in [5.41, 5.74) is 1.58. The molecule has 4 heterocycles. The highest BCUT2D eigenvalue weighted by molar-refractivity contribution is 6.02. The zero-order valence-corrected chi connectivity index (χ0v) is 14.9. The van der Waals surface area contributed by atoms with Crippen LogP contribution in [-0.2, 0) is 4.74 Å². The maximum Gasteiger partial charge on any atom is 0.409 e. The average Bonchev–Trinajstić information content (AvgIpc) is 3.12. The maximum absolute atomic E-state index is 12.4. The zero-order chi connectivity index (χ0) is 18.3. The Hall–Kier alpha value is -2.83. The molecule has 1 fully saturated rings. The van der Waals surface area contributed by atoms with Crippen LogP contribution in [0.2, 0.25) is 0 Å². The van der Waals surface area contributed by atoms with Gasteiger partial charge in [-0.05, 0) is 25.3 Å². The average molecular weight is 354 g/mol. The van der Waals surface area contributed by atoms with Crippen molar-refractivity contribution in [1.29, 1.82) is 0 Å². The Morgan fingerprint density at radius 1 is 1.38 bits per heavy atom. The van der Waals surface area contributed by atoms with Gasteiger partial charge in [0.15, 0.2) is 5.43 Å². The fourth-order valence-electron chi connectivity index (χ4n) is 3.83. The lowest BCUT2D eigenvalue weighted by Crippen LogP contribution is -2.44. The van der Waals surface area contributed by atoms with Crippen molar-refractivity contribution < 1.29 is 9.53 Å². The van der Waals surface area contributed by atoms with Crippen molar-refractivity contribution in [2.75, 3.05) is 19.7 Å². The van der Waals surface area contributed by atoms with Crippen molar-refractivity contribution in [1.82, 2.24) is 19.4 Å². The van der Waals surface area contributed by atoms with E-state index in [-0.39, 0.29) is 17.6 Å². The first-order valence-electron chi connectivity index (χ1n) is 8.98. The largest absolute Gasteiger partial charge is 0.450 e. The van der Waals surface area contributed by atoms with Crippen LogP contribution < -0.4 is 5.43 Å². The van der Waals surface area contributed by atoms with Crippen LogP contribution in [0.4, 0.5) is 4.79 Å². The van der Waals surface area contributed by atoms with E-state index >= 15 is 0 Å². The summed E-state index contributed by atoms with van der Waals surface area (Å²) in [4.78, 5) is 33.8. The molecule has 3 aromatic rings. The summed E-state index contributed by atoms with van der Waals surface area (Å²) >= 11 is 0. The van der Waals surface area contributed by atoms with E-state index < -0.39 is 0 Å². The van der Waals surface area contributed by atoms with Gasteiger partial charge in [-0.3, -0.25) is 4.79 Å². The van der Waals surface area contributed by atoms with Crippen LogP contribution in [-0.4, -0.2) is 45.2 Å². The van der Waals surface area contributed by atoms with Crippen LogP contribution in [0.1, 0.15) is 26.3 Å². The van der Waals surface area contributed by atoms with Gasteiger partial charge in [0.25, 0.3) is 0 Å². The summed E-state index contributed by atoms with van der Waals surface area (Å²) in [5.74, 6) is 0.369. The molecule has 2 atom stereocenters. The number of fused-ring (bicyclic) bond motifs is 3. The normalized spacial score (nSPS) is 20.6. The van der Waals surface area contributed by atoms with Crippen molar-refractivity contribution in [2.45, 2.75) is 26.3 Å². The van der Waals surface area contributed by atoms with E-state index in [1.54, 1.807) is 17.2 Å². The number of carbonyl (C=O) groups excluding carboxylic acids is 1. The molecule has 136 valence electrons. The molecular formula is C19H22N4O3. The standard InChI is InChI=1S/C19H22N4O3/c1-3-26-19(25)22-8-5-12(2)15(11-22)23-9-6-16(24)14-10-21-18-13(17(14)23)4-7-20-18/h4,6-7,9-10,12,15H,3,5,8,11H2,1-2H3,(H,20,21)/t12-,15+/m1/s1. The van der Waals surface area contributed by atoms with E-state index in [1.165, 1.54) is 0 Å². The molecular weight excluding hydrogens is 332 g/mol. The fraction of sp³-hybridized carbons (Fsp3) is 0.421. The predicted octanol–water partition coefficient (Wildman–Crippen LogP) is 2.92. The molecule has 1 aliphatic heterocycles. The maximum atomic E-state index is 12.4. The molecule has 1 amide bonds. The van der Waals surface area contributed by atoms with Crippen LogP contribution in [0, 0.1) is 5.92 Å². The Morgan fingerprint density at radius 3 is 3.04 bits per heavy atom. The van der Waals surface area contributed by atoms with Crippen molar-refractivity contribution in [3.63, 3.8) is 0 Å². The van der Waals surface area contributed by atoms with Gasteiger partial charge in [0, 0.05) is 43.1 Å². The van der Waals surface area contributed by atoms with Crippen molar-refractivity contribution in [3.8, 4) is 0 Å². The molecule has 0 radical (unpaired) electrons. The molecule has 0 aromatic carbocycles. The Labute approximate surface area is 150 Å². The van der Waals surface area contributed by atoms with Gasteiger partial charge in [0.05, 0.1) is 23.6 Å². The number of carbonyl (C=O) groups is 1. The molecule has 1 N–H and O–H groups in total. The Bertz CT molecular complexity index is 1020. The number of aromatic nitrogens is 3. The molecule has 1 saturated heterocycles. The lowest BCUT2D eigenvalue weighted by molar-refractivity contribution is 0.0778. The highest BCUT2D eigenvalue weighted by atomic mass is 16.6. The van der Waals surface area contributed by atoms with Crippen LogP contribution in [0.5, 0.6) is 0 Å². The molecule has 1 aliphatic rings. The molecule has 3 aromatic heterocycles. The van der Waals surface area contributed by atoms with Gasteiger partial charge in [-0.25, -0.2) is 9.78 Å². The summed E-state index contributed by atoms with van der Waals surface area (Å²) in [6.45, 7) is 5.62. The number of rotatable bonds is 2. The summed E-state index contributed by atoms with van der Waals surface area (Å²) in [6.07, 6.45) is 5.91. The number of pyridine rings is 2. The number of nitrogens with one attached hydrogen (secondary N) is 1. The first-order valence-corrected chi connectivity index (χ1v) is 8.98. The van der Waals surface area contributed by atoms with Gasteiger partial charge < -0.3 is 19.2 Å². The first-order chi connectivity index (χ1) is 12.6. The lowest BCUT2D eigenvalue weighted by Gasteiger charge is -2.38. The molecule has 0 unspecified atom stereocenters. The predicted molar refractivity (Wildman–Crippen MR) is 99.3 cm³/mol. The van der Waals surface area contributed by atoms with E-state index in [0.717, 1.165) is 23.0 Å². The minimum atomic E-state index is -0.275. The lowest BCUT2D eigenvalue weighted by atomic mass is 9.92. The second kappa shape index (κ2) is 6.48. The number of aromatic amines is 1. The molecule has 4 rings (SSSR count). The molecule has 0 spiro atoms. The molecule has 26 heavy (non-hydrogen) atoms. The highest BCUT2D eigenvalue weighted by Crippen LogP contribution is 2.32. The third-order valence-corrected chi connectivity index (χ3v) is 5.27. The third kappa shape index (κ3) is 2.64. The Morgan fingerprint density at radius 2 is 2.23 bits per heavy atom. The van der Waals surface area contributed by atoms with Gasteiger partial charge in [0.1, 0.15) is 5.65 Å². The van der Waals surface area contributed by atoms with Crippen LogP contribution >= 0.6 is 0 Å². The van der Waals surface area contributed by atoms with Gasteiger partial charge in [-0.2, -0.15) is 0 Å². The number of nitrogens with zero attached hydrogens (tertiary/aromatic N) is 3. The smallest absolute Gasteiger partial charge is 0.409 e. The summed E-state index contributed by atoms with van der Waals surface area (Å²) < 4.78 is 7.31. The number of ether oxygens (including phenoxy) is 1. The number of H-pyrrole nitrogens is 1. The molecule has 7 heteroatoms. The number of hydrogen-bond donors (Lipinski definition) is 1. The molecule has 0 aliphatic carbocycles. The van der Waals surface area contributed by atoms with Gasteiger partial charge in [0.2, 0.25) is 0 Å². The van der Waals surface area contributed by atoms with E-state index in [2.05, 4.69) is 21.5 Å². The quantitative estimate of drug-likeness (QED) is 0.767. The number of hydrogen-bond acceptors (Lipinski definition) is 4. The van der Waals surface area contributed by atoms with Gasteiger partial charge in [-0.15, -0.1) is 0 Å². The fourth-order valence-corrected chi connectivity index (χ4v) is 3.83.